The van der Waals surface area contributed by atoms with Crippen molar-refractivity contribution in [3.63, 3.8) is 0 Å². The van der Waals surface area contributed by atoms with E-state index in [1.165, 1.54) is 0 Å². The number of nitrogens with one attached hydrogen (secondary N) is 2. The Kier molecular flexibility index (Phi) is 5.34. The number of benzene rings is 1. The van der Waals surface area contributed by atoms with Crippen LogP contribution >= 0.6 is 0 Å². The van der Waals surface area contributed by atoms with Crippen LogP contribution in [0, 0.1) is 0 Å². The van der Waals surface area contributed by atoms with Crippen LogP contribution in [0.1, 0.15) is 46.9 Å². The van der Waals surface area contributed by atoms with Crippen LogP contribution < -0.4 is 10.9 Å². The average Bonchev–Trinajstić information content (AvgIpc) is 2.61. The number of carbonyl (C=O) groups excluding carboxylic acids is 1. The van der Waals surface area contributed by atoms with Crippen molar-refractivity contribution in [3.8, 4) is 0 Å². The minimum atomic E-state index is -0.719. The topological polar surface area (TPSA) is 82.2 Å². The molecule has 0 spiro atoms. The molecule has 2 aromatic rings. The SMILES string of the molecule is CC(NC(=O)c1cc2c([nH]c1=O)CCCC2)C(O)Cc1ccccc1. The van der Waals surface area contributed by atoms with E-state index in [2.05, 4.69) is 10.3 Å². The van der Waals surface area contributed by atoms with Crippen molar-refractivity contribution in [2.45, 2.75) is 51.2 Å². The Hall–Kier alpha value is -2.40. The first-order chi connectivity index (χ1) is 12.0. The van der Waals surface area contributed by atoms with E-state index in [0.717, 1.165) is 42.5 Å². The number of aliphatic hydroxyl groups excluding tert-OH is 1. The highest BCUT2D eigenvalue weighted by atomic mass is 16.3. The van der Waals surface area contributed by atoms with Gasteiger partial charge in [-0.2, -0.15) is 0 Å². The molecule has 3 N–H and O–H groups in total. The van der Waals surface area contributed by atoms with E-state index in [0.29, 0.717) is 6.42 Å². The fourth-order valence-corrected chi connectivity index (χ4v) is 3.26. The smallest absolute Gasteiger partial charge is 0.261 e. The van der Waals surface area contributed by atoms with Crippen LogP contribution in [-0.2, 0) is 19.3 Å². The van der Waals surface area contributed by atoms with Crippen LogP contribution in [0.3, 0.4) is 0 Å². The Balaban J connectivity index is 1.68. The van der Waals surface area contributed by atoms with Crippen molar-refractivity contribution in [1.82, 2.24) is 10.3 Å². The lowest BCUT2D eigenvalue weighted by Gasteiger charge is -2.21. The number of hydrogen-bond acceptors (Lipinski definition) is 3. The van der Waals surface area contributed by atoms with E-state index in [1.54, 1.807) is 13.0 Å². The number of rotatable bonds is 5. The first-order valence-electron chi connectivity index (χ1n) is 8.82. The highest BCUT2D eigenvalue weighted by Gasteiger charge is 2.21. The third-order valence-electron chi connectivity index (χ3n) is 4.81. The van der Waals surface area contributed by atoms with Crippen molar-refractivity contribution in [3.05, 3.63) is 69.1 Å². The maximum atomic E-state index is 12.5. The molecule has 1 amide bonds. The van der Waals surface area contributed by atoms with Gasteiger partial charge >= 0.3 is 0 Å². The number of carbonyl (C=O) groups is 1. The highest BCUT2D eigenvalue weighted by molar-refractivity contribution is 5.94. The van der Waals surface area contributed by atoms with Gasteiger partial charge < -0.3 is 15.4 Å². The maximum absolute atomic E-state index is 12.5. The second-order valence-corrected chi connectivity index (χ2v) is 6.74. The summed E-state index contributed by atoms with van der Waals surface area (Å²) in [5.41, 5.74) is 2.77. The molecule has 1 aromatic heterocycles. The summed E-state index contributed by atoms with van der Waals surface area (Å²) in [7, 11) is 0. The van der Waals surface area contributed by atoms with Crippen molar-refractivity contribution < 1.29 is 9.90 Å². The predicted octanol–water partition coefficient (Wildman–Crippen LogP) is 1.98. The minimum Gasteiger partial charge on any atom is -0.391 e. The molecule has 0 saturated carbocycles. The normalized spacial score (nSPS) is 15.9. The molecule has 1 aromatic carbocycles. The van der Waals surface area contributed by atoms with Gasteiger partial charge in [0.05, 0.1) is 12.1 Å². The van der Waals surface area contributed by atoms with E-state index in [1.807, 2.05) is 30.3 Å². The third kappa shape index (κ3) is 4.17. The van der Waals surface area contributed by atoms with Crippen LogP contribution in [0.2, 0.25) is 0 Å². The van der Waals surface area contributed by atoms with Gasteiger partial charge in [-0.15, -0.1) is 0 Å². The number of hydrogen-bond donors (Lipinski definition) is 3. The van der Waals surface area contributed by atoms with Crippen LogP contribution in [-0.4, -0.2) is 28.1 Å². The summed E-state index contributed by atoms with van der Waals surface area (Å²) in [6, 6.07) is 10.9. The molecular formula is C20H24N2O3. The number of aliphatic hydroxyl groups is 1. The van der Waals surface area contributed by atoms with Crippen molar-refractivity contribution >= 4 is 5.91 Å². The van der Waals surface area contributed by atoms with Gasteiger partial charge in [0, 0.05) is 12.1 Å². The lowest BCUT2D eigenvalue weighted by Crippen LogP contribution is -2.43. The molecule has 25 heavy (non-hydrogen) atoms. The molecule has 1 aliphatic carbocycles. The van der Waals surface area contributed by atoms with Gasteiger partial charge in [-0.1, -0.05) is 30.3 Å². The quantitative estimate of drug-likeness (QED) is 0.778. The van der Waals surface area contributed by atoms with Gasteiger partial charge in [-0.25, -0.2) is 0 Å². The Morgan fingerprint density at radius 2 is 1.96 bits per heavy atom. The molecule has 0 saturated heterocycles. The monoisotopic (exact) mass is 340 g/mol. The lowest BCUT2D eigenvalue weighted by atomic mass is 9.95. The second kappa shape index (κ2) is 7.66. The van der Waals surface area contributed by atoms with Crippen molar-refractivity contribution in [2.24, 2.45) is 0 Å². The Bertz CT molecular complexity index is 798. The standard InChI is InChI=1S/C20H24N2O3/c1-13(18(23)11-14-7-3-2-4-8-14)21-19(24)16-12-15-9-5-6-10-17(15)22-20(16)25/h2-4,7-8,12-13,18,23H,5-6,9-11H2,1H3,(H,21,24)(H,22,25). The second-order valence-electron chi connectivity index (χ2n) is 6.74. The summed E-state index contributed by atoms with van der Waals surface area (Å²) in [5.74, 6) is -0.436. The van der Waals surface area contributed by atoms with Gasteiger partial charge in [0.15, 0.2) is 0 Å². The summed E-state index contributed by atoms with van der Waals surface area (Å²) >= 11 is 0. The van der Waals surface area contributed by atoms with Crippen LogP contribution in [0.15, 0.2) is 41.2 Å². The van der Waals surface area contributed by atoms with E-state index < -0.39 is 18.1 Å². The van der Waals surface area contributed by atoms with Gasteiger partial charge in [-0.3, -0.25) is 9.59 Å². The summed E-state index contributed by atoms with van der Waals surface area (Å²) in [5, 5.41) is 13.1. The zero-order valence-electron chi connectivity index (χ0n) is 14.4. The fourth-order valence-electron chi connectivity index (χ4n) is 3.26. The molecule has 2 atom stereocenters. The molecule has 5 heteroatoms. The minimum absolute atomic E-state index is 0.124. The maximum Gasteiger partial charge on any atom is 0.261 e. The molecule has 0 radical (unpaired) electrons. The van der Waals surface area contributed by atoms with Crippen LogP contribution in [0.4, 0.5) is 0 Å². The number of aryl methyl sites for hydroxylation is 2. The van der Waals surface area contributed by atoms with Crippen molar-refractivity contribution in [2.75, 3.05) is 0 Å². The lowest BCUT2D eigenvalue weighted by molar-refractivity contribution is 0.0850. The number of aromatic nitrogens is 1. The summed E-state index contributed by atoms with van der Waals surface area (Å²) in [6.45, 7) is 1.75. The van der Waals surface area contributed by atoms with E-state index in [-0.39, 0.29) is 11.1 Å². The van der Waals surface area contributed by atoms with Gasteiger partial charge in [0.25, 0.3) is 11.5 Å². The number of amides is 1. The van der Waals surface area contributed by atoms with E-state index in [9.17, 15) is 14.7 Å². The number of H-pyrrole nitrogens is 1. The van der Waals surface area contributed by atoms with E-state index in [4.69, 9.17) is 0 Å². The molecule has 132 valence electrons. The molecule has 2 unspecified atom stereocenters. The molecular weight excluding hydrogens is 316 g/mol. The Morgan fingerprint density at radius 1 is 1.24 bits per heavy atom. The van der Waals surface area contributed by atoms with Gasteiger partial charge in [0.1, 0.15) is 5.56 Å². The third-order valence-corrected chi connectivity index (χ3v) is 4.81. The fraction of sp³-hybridized carbons (Fsp3) is 0.400. The van der Waals surface area contributed by atoms with Gasteiger partial charge in [0.2, 0.25) is 0 Å². The molecule has 5 nitrogen and oxygen atoms in total. The largest absolute Gasteiger partial charge is 0.391 e. The Labute approximate surface area is 147 Å². The van der Waals surface area contributed by atoms with E-state index >= 15 is 0 Å². The Morgan fingerprint density at radius 3 is 2.72 bits per heavy atom. The summed E-state index contributed by atoms with van der Waals surface area (Å²) < 4.78 is 0. The number of fused-ring (bicyclic) bond motifs is 1. The first kappa shape index (κ1) is 17.4. The van der Waals surface area contributed by atoms with Crippen LogP contribution in [0.25, 0.3) is 0 Å². The number of pyridine rings is 1. The molecule has 0 fully saturated rings. The molecule has 0 bridgehead atoms. The zero-order chi connectivity index (χ0) is 17.8. The highest BCUT2D eigenvalue weighted by Crippen LogP contribution is 2.18. The van der Waals surface area contributed by atoms with Gasteiger partial charge in [-0.05, 0) is 49.8 Å². The van der Waals surface area contributed by atoms with Crippen LogP contribution in [0.5, 0.6) is 0 Å². The molecule has 0 aliphatic heterocycles. The summed E-state index contributed by atoms with van der Waals surface area (Å²) in [4.78, 5) is 27.5. The zero-order valence-corrected chi connectivity index (χ0v) is 14.4. The summed E-state index contributed by atoms with van der Waals surface area (Å²) in [6.07, 6.45) is 3.62. The molecule has 1 aliphatic rings. The first-order valence-corrected chi connectivity index (χ1v) is 8.82. The average molecular weight is 340 g/mol. The number of aromatic amines is 1. The van der Waals surface area contributed by atoms with Crippen molar-refractivity contribution in [1.29, 1.82) is 0 Å². The molecule has 3 rings (SSSR count). The predicted molar refractivity (Wildman–Crippen MR) is 96.8 cm³/mol. The molecule has 1 heterocycles.